The van der Waals surface area contributed by atoms with E-state index in [-0.39, 0.29) is 12.0 Å². The standard InChI is InChI=1S/C22H22N2O3S/c25-22(17-10-11-21(23-14-17)27-18-6-2-1-3-7-18)24(15-19-8-4-12-26-19)16-20-9-5-13-28-20/h1-3,5-7,9-11,13-14,19H,4,8,12,15-16H2. The number of carbonyl (C=O) groups excluding carboxylic acids is 1. The van der Waals surface area contributed by atoms with E-state index >= 15 is 0 Å². The van der Waals surface area contributed by atoms with Crippen molar-refractivity contribution in [1.29, 1.82) is 0 Å². The highest BCUT2D eigenvalue weighted by molar-refractivity contribution is 7.09. The quantitative estimate of drug-likeness (QED) is 0.580. The zero-order chi connectivity index (χ0) is 19.2. The van der Waals surface area contributed by atoms with Gasteiger partial charge in [0.05, 0.1) is 18.2 Å². The Morgan fingerprint density at radius 2 is 2.07 bits per heavy atom. The number of para-hydroxylation sites is 1. The Morgan fingerprint density at radius 1 is 1.18 bits per heavy atom. The average Bonchev–Trinajstić information content (AvgIpc) is 3.43. The lowest BCUT2D eigenvalue weighted by atomic mass is 10.2. The van der Waals surface area contributed by atoms with Gasteiger partial charge in [0.1, 0.15) is 5.75 Å². The van der Waals surface area contributed by atoms with Gasteiger partial charge < -0.3 is 14.4 Å². The number of amides is 1. The molecule has 1 aromatic carbocycles. The van der Waals surface area contributed by atoms with Crippen LogP contribution in [-0.4, -0.2) is 35.0 Å². The van der Waals surface area contributed by atoms with E-state index in [4.69, 9.17) is 9.47 Å². The predicted octanol–water partition coefficient (Wildman–Crippen LogP) is 4.76. The third-order valence-electron chi connectivity index (χ3n) is 4.61. The van der Waals surface area contributed by atoms with Gasteiger partial charge in [0, 0.05) is 30.3 Å². The Labute approximate surface area is 168 Å². The molecular weight excluding hydrogens is 372 g/mol. The molecule has 1 unspecified atom stereocenters. The van der Waals surface area contributed by atoms with E-state index in [1.807, 2.05) is 46.7 Å². The molecule has 2 aromatic heterocycles. The molecule has 4 rings (SSSR count). The summed E-state index contributed by atoms with van der Waals surface area (Å²) in [5, 5.41) is 2.03. The maximum absolute atomic E-state index is 13.1. The Kier molecular flexibility index (Phi) is 5.99. The van der Waals surface area contributed by atoms with Crippen molar-refractivity contribution in [1.82, 2.24) is 9.88 Å². The first kappa shape index (κ1) is 18.7. The minimum absolute atomic E-state index is 0.0392. The van der Waals surface area contributed by atoms with Crippen LogP contribution in [0, 0.1) is 0 Å². The summed E-state index contributed by atoms with van der Waals surface area (Å²) in [6.07, 6.45) is 3.74. The van der Waals surface area contributed by atoms with Crippen LogP contribution in [0.15, 0.2) is 66.2 Å². The molecule has 1 aliphatic rings. The molecule has 0 radical (unpaired) electrons. The first-order valence-corrected chi connectivity index (χ1v) is 10.3. The Bertz CT molecular complexity index is 876. The highest BCUT2D eigenvalue weighted by Crippen LogP contribution is 2.21. The van der Waals surface area contributed by atoms with Crippen molar-refractivity contribution < 1.29 is 14.3 Å². The van der Waals surface area contributed by atoms with Crippen LogP contribution in [-0.2, 0) is 11.3 Å². The van der Waals surface area contributed by atoms with Gasteiger partial charge in [0.25, 0.3) is 5.91 Å². The lowest BCUT2D eigenvalue weighted by Crippen LogP contribution is -2.36. The molecule has 5 nitrogen and oxygen atoms in total. The third-order valence-corrected chi connectivity index (χ3v) is 5.47. The van der Waals surface area contributed by atoms with Crippen LogP contribution in [0.3, 0.4) is 0 Å². The number of thiophene rings is 1. The molecule has 6 heteroatoms. The van der Waals surface area contributed by atoms with Crippen molar-refractivity contribution in [2.24, 2.45) is 0 Å². The first-order chi connectivity index (χ1) is 13.8. The molecule has 1 atom stereocenters. The largest absolute Gasteiger partial charge is 0.439 e. The molecule has 144 valence electrons. The zero-order valence-electron chi connectivity index (χ0n) is 15.5. The number of hydrogen-bond donors (Lipinski definition) is 0. The Morgan fingerprint density at radius 3 is 2.75 bits per heavy atom. The lowest BCUT2D eigenvalue weighted by Gasteiger charge is -2.25. The van der Waals surface area contributed by atoms with Crippen LogP contribution in [0.2, 0.25) is 0 Å². The van der Waals surface area contributed by atoms with Gasteiger partial charge in [0.15, 0.2) is 0 Å². The summed E-state index contributed by atoms with van der Waals surface area (Å²) in [5.74, 6) is 1.14. The summed E-state index contributed by atoms with van der Waals surface area (Å²) in [7, 11) is 0. The molecule has 0 aliphatic carbocycles. The van der Waals surface area contributed by atoms with E-state index in [9.17, 15) is 4.79 Å². The average molecular weight is 394 g/mol. The van der Waals surface area contributed by atoms with Gasteiger partial charge >= 0.3 is 0 Å². The summed E-state index contributed by atoms with van der Waals surface area (Å²) in [5.41, 5.74) is 0.551. The van der Waals surface area contributed by atoms with Gasteiger partial charge in [-0.15, -0.1) is 11.3 Å². The van der Waals surface area contributed by atoms with E-state index < -0.39 is 0 Å². The van der Waals surface area contributed by atoms with Gasteiger partial charge in [-0.1, -0.05) is 24.3 Å². The number of benzene rings is 1. The van der Waals surface area contributed by atoms with Crippen molar-refractivity contribution in [3.63, 3.8) is 0 Å². The summed E-state index contributed by atoms with van der Waals surface area (Å²) in [6, 6.07) is 17.0. The Balaban J connectivity index is 1.47. The number of rotatable bonds is 7. The highest BCUT2D eigenvalue weighted by atomic mass is 32.1. The molecule has 1 saturated heterocycles. The van der Waals surface area contributed by atoms with Crippen LogP contribution >= 0.6 is 11.3 Å². The molecule has 1 fully saturated rings. The zero-order valence-corrected chi connectivity index (χ0v) is 16.3. The van der Waals surface area contributed by atoms with Crippen molar-refractivity contribution >= 4 is 17.2 Å². The number of carbonyl (C=O) groups is 1. The molecule has 1 aliphatic heterocycles. The fourth-order valence-corrected chi connectivity index (χ4v) is 3.92. The number of aromatic nitrogens is 1. The molecule has 0 N–H and O–H groups in total. The van der Waals surface area contributed by atoms with Crippen LogP contribution in [0.1, 0.15) is 28.1 Å². The normalized spacial score (nSPS) is 16.1. The van der Waals surface area contributed by atoms with Gasteiger partial charge in [0.2, 0.25) is 5.88 Å². The fourth-order valence-electron chi connectivity index (χ4n) is 3.20. The third kappa shape index (κ3) is 4.77. The predicted molar refractivity (Wildman–Crippen MR) is 109 cm³/mol. The van der Waals surface area contributed by atoms with Crippen molar-refractivity contribution in [2.75, 3.05) is 13.2 Å². The summed E-state index contributed by atoms with van der Waals surface area (Å²) >= 11 is 1.66. The minimum Gasteiger partial charge on any atom is -0.439 e. The van der Waals surface area contributed by atoms with Crippen LogP contribution in [0.4, 0.5) is 0 Å². The lowest BCUT2D eigenvalue weighted by molar-refractivity contribution is 0.0509. The Hall–Kier alpha value is -2.70. The van der Waals surface area contributed by atoms with Crippen molar-refractivity contribution in [3.8, 4) is 11.6 Å². The van der Waals surface area contributed by atoms with E-state index in [0.717, 1.165) is 24.3 Å². The smallest absolute Gasteiger partial charge is 0.255 e. The van der Waals surface area contributed by atoms with E-state index in [1.165, 1.54) is 0 Å². The molecule has 0 saturated carbocycles. The monoisotopic (exact) mass is 394 g/mol. The number of nitrogens with zero attached hydrogens (tertiary/aromatic N) is 2. The molecular formula is C22H22N2O3S. The summed E-state index contributed by atoms with van der Waals surface area (Å²) in [6.45, 7) is 1.95. The summed E-state index contributed by atoms with van der Waals surface area (Å²) < 4.78 is 11.5. The molecule has 28 heavy (non-hydrogen) atoms. The topological polar surface area (TPSA) is 51.7 Å². The second-order valence-electron chi connectivity index (χ2n) is 6.70. The second kappa shape index (κ2) is 8.99. The van der Waals surface area contributed by atoms with E-state index in [1.54, 1.807) is 29.7 Å². The number of ether oxygens (including phenoxy) is 2. The van der Waals surface area contributed by atoms with Crippen molar-refractivity contribution in [3.05, 3.63) is 76.6 Å². The van der Waals surface area contributed by atoms with E-state index in [2.05, 4.69) is 11.1 Å². The number of pyridine rings is 1. The summed E-state index contributed by atoms with van der Waals surface area (Å²) in [4.78, 5) is 20.4. The number of hydrogen-bond acceptors (Lipinski definition) is 5. The molecule has 1 amide bonds. The highest BCUT2D eigenvalue weighted by Gasteiger charge is 2.24. The van der Waals surface area contributed by atoms with Gasteiger partial charge in [-0.25, -0.2) is 4.98 Å². The van der Waals surface area contributed by atoms with Gasteiger partial charge in [-0.05, 0) is 42.5 Å². The van der Waals surface area contributed by atoms with Crippen LogP contribution < -0.4 is 4.74 Å². The van der Waals surface area contributed by atoms with Gasteiger partial charge in [-0.3, -0.25) is 4.79 Å². The van der Waals surface area contributed by atoms with Crippen molar-refractivity contribution in [2.45, 2.75) is 25.5 Å². The molecule has 3 aromatic rings. The molecule has 0 bridgehead atoms. The minimum atomic E-state index is -0.0392. The van der Waals surface area contributed by atoms with E-state index in [0.29, 0.717) is 30.3 Å². The second-order valence-corrected chi connectivity index (χ2v) is 7.73. The molecule has 0 spiro atoms. The fraction of sp³-hybridized carbons (Fsp3) is 0.273. The van der Waals surface area contributed by atoms with Gasteiger partial charge in [-0.2, -0.15) is 0 Å². The van der Waals surface area contributed by atoms with Crippen LogP contribution in [0.5, 0.6) is 11.6 Å². The SMILES string of the molecule is O=C(c1ccc(Oc2ccccc2)nc1)N(Cc1cccs1)CC1CCCO1. The first-order valence-electron chi connectivity index (χ1n) is 9.40. The maximum Gasteiger partial charge on any atom is 0.255 e. The molecule has 3 heterocycles. The van der Waals surface area contributed by atoms with Crippen LogP contribution in [0.25, 0.3) is 0 Å². The maximum atomic E-state index is 13.1.